The van der Waals surface area contributed by atoms with Crippen molar-refractivity contribution in [2.24, 2.45) is 0 Å². The number of rotatable bonds is 1. The number of nitrogens with zero attached hydrogens (tertiary/aromatic N) is 1. The van der Waals surface area contributed by atoms with E-state index in [0.29, 0.717) is 5.57 Å². The molecule has 1 unspecified atom stereocenters. The summed E-state index contributed by atoms with van der Waals surface area (Å²) in [5, 5.41) is 16.9. The van der Waals surface area contributed by atoms with Crippen molar-refractivity contribution in [2.45, 2.75) is 20.0 Å². The summed E-state index contributed by atoms with van der Waals surface area (Å²) in [6, 6.07) is 1.86. The smallest absolute Gasteiger partial charge is 0.0971 e. The molecule has 0 aliphatic carbocycles. The molecule has 0 radical (unpaired) electrons. The van der Waals surface area contributed by atoms with Gasteiger partial charge in [0.25, 0.3) is 0 Å². The number of allylic oxidation sites excluding steroid dienone is 1. The van der Waals surface area contributed by atoms with E-state index in [9.17, 15) is 0 Å². The molecule has 44 valence electrons. The van der Waals surface area contributed by atoms with Crippen LogP contribution in [-0.2, 0) is 0 Å². The first-order chi connectivity index (χ1) is 3.72. The lowest BCUT2D eigenvalue weighted by Crippen LogP contribution is -2.01. The van der Waals surface area contributed by atoms with Crippen LogP contribution >= 0.6 is 0 Å². The lowest BCUT2D eigenvalue weighted by molar-refractivity contribution is 0.236. The predicted molar refractivity (Wildman–Crippen MR) is 31.1 cm³/mol. The fourth-order valence-corrected chi connectivity index (χ4v) is 0.399. The molecule has 0 saturated carbocycles. The molecule has 0 rings (SSSR count). The van der Waals surface area contributed by atoms with Crippen molar-refractivity contribution >= 4 is 0 Å². The molecule has 1 N–H and O–H groups in total. The van der Waals surface area contributed by atoms with Crippen LogP contribution in [0.2, 0.25) is 0 Å². The molecule has 0 aromatic rings. The maximum Gasteiger partial charge on any atom is 0.0971 e. The van der Waals surface area contributed by atoms with Gasteiger partial charge in [0.05, 0.1) is 17.7 Å². The summed E-state index contributed by atoms with van der Waals surface area (Å²) < 4.78 is 0. The van der Waals surface area contributed by atoms with Crippen LogP contribution in [0.15, 0.2) is 11.6 Å². The highest BCUT2D eigenvalue weighted by molar-refractivity contribution is 5.22. The molecule has 0 fully saturated rings. The number of hydrogen-bond acceptors (Lipinski definition) is 2. The minimum atomic E-state index is -0.620. The highest BCUT2D eigenvalue weighted by Gasteiger charge is 1.98. The molecule has 0 spiro atoms. The number of nitriles is 1. The van der Waals surface area contributed by atoms with Crippen molar-refractivity contribution in [1.29, 1.82) is 5.26 Å². The van der Waals surface area contributed by atoms with Crippen LogP contribution in [-0.4, -0.2) is 11.2 Å². The minimum absolute atomic E-state index is 0.421. The second-order valence-corrected chi connectivity index (χ2v) is 1.53. The summed E-state index contributed by atoms with van der Waals surface area (Å²) in [4.78, 5) is 0. The second-order valence-electron chi connectivity index (χ2n) is 1.53. The molecule has 0 aromatic heterocycles. The average Bonchev–Trinajstić information content (AvgIpc) is 1.69. The molecule has 0 heterocycles. The number of aliphatic hydroxyl groups excluding tert-OH is 1. The zero-order valence-corrected chi connectivity index (χ0v) is 5.05. The van der Waals surface area contributed by atoms with E-state index in [4.69, 9.17) is 10.4 Å². The fourth-order valence-electron chi connectivity index (χ4n) is 0.399. The van der Waals surface area contributed by atoms with Gasteiger partial charge in [0.15, 0.2) is 0 Å². The van der Waals surface area contributed by atoms with Gasteiger partial charge < -0.3 is 5.11 Å². The van der Waals surface area contributed by atoms with Crippen LogP contribution in [0.3, 0.4) is 0 Å². The van der Waals surface area contributed by atoms with Crippen molar-refractivity contribution < 1.29 is 5.11 Å². The van der Waals surface area contributed by atoms with Crippen molar-refractivity contribution in [3.8, 4) is 6.07 Å². The third-order valence-corrected chi connectivity index (χ3v) is 0.890. The quantitative estimate of drug-likeness (QED) is 0.509. The van der Waals surface area contributed by atoms with Crippen LogP contribution < -0.4 is 0 Å². The van der Waals surface area contributed by atoms with E-state index in [2.05, 4.69) is 0 Å². The third kappa shape index (κ3) is 1.76. The van der Waals surface area contributed by atoms with Gasteiger partial charge in [-0.15, -0.1) is 0 Å². The van der Waals surface area contributed by atoms with Gasteiger partial charge in [0.2, 0.25) is 0 Å². The summed E-state index contributed by atoms with van der Waals surface area (Å²) in [5.74, 6) is 0. The van der Waals surface area contributed by atoms with Crippen molar-refractivity contribution in [1.82, 2.24) is 0 Å². The Labute approximate surface area is 49.1 Å². The Balaban J connectivity index is 3.98. The summed E-state index contributed by atoms with van der Waals surface area (Å²) in [6.45, 7) is 3.30. The molecular formula is C6H9NO. The van der Waals surface area contributed by atoms with E-state index < -0.39 is 6.10 Å². The van der Waals surface area contributed by atoms with Gasteiger partial charge in [0.1, 0.15) is 0 Å². The van der Waals surface area contributed by atoms with E-state index in [1.807, 2.05) is 6.07 Å². The van der Waals surface area contributed by atoms with Crippen LogP contribution in [0, 0.1) is 11.3 Å². The van der Waals surface area contributed by atoms with E-state index >= 15 is 0 Å². The first kappa shape index (κ1) is 7.19. The first-order valence-corrected chi connectivity index (χ1v) is 2.46. The van der Waals surface area contributed by atoms with Crippen molar-refractivity contribution in [2.75, 3.05) is 0 Å². The molecule has 0 amide bonds. The molecule has 2 nitrogen and oxygen atoms in total. The van der Waals surface area contributed by atoms with Gasteiger partial charge >= 0.3 is 0 Å². The van der Waals surface area contributed by atoms with E-state index in [-0.39, 0.29) is 0 Å². The number of aliphatic hydroxyl groups is 1. The molecule has 8 heavy (non-hydrogen) atoms. The molecule has 0 aromatic carbocycles. The highest BCUT2D eigenvalue weighted by atomic mass is 16.3. The zero-order valence-electron chi connectivity index (χ0n) is 5.05. The Morgan fingerprint density at radius 3 is 2.38 bits per heavy atom. The van der Waals surface area contributed by atoms with Gasteiger partial charge in [-0.2, -0.15) is 5.26 Å². The zero-order chi connectivity index (χ0) is 6.57. The Morgan fingerprint density at radius 1 is 1.88 bits per heavy atom. The molecule has 0 aliphatic heterocycles. The van der Waals surface area contributed by atoms with Crippen molar-refractivity contribution in [3.05, 3.63) is 11.6 Å². The summed E-state index contributed by atoms with van der Waals surface area (Å²) >= 11 is 0. The Kier molecular flexibility index (Phi) is 2.90. The fraction of sp³-hybridized carbons (Fsp3) is 0.500. The standard InChI is InChI=1S/C6H9NO/c1-3-6(4-7)5(2)8/h3,5,8H,1-2H3/b6-3-. The minimum Gasteiger partial charge on any atom is -0.388 e. The molecule has 0 saturated heterocycles. The monoisotopic (exact) mass is 111 g/mol. The van der Waals surface area contributed by atoms with Gasteiger partial charge in [-0.3, -0.25) is 0 Å². The van der Waals surface area contributed by atoms with Crippen LogP contribution in [0.4, 0.5) is 0 Å². The third-order valence-electron chi connectivity index (χ3n) is 0.890. The lowest BCUT2D eigenvalue weighted by atomic mass is 10.2. The Bertz CT molecular complexity index is 130. The highest BCUT2D eigenvalue weighted by Crippen LogP contribution is 1.97. The van der Waals surface area contributed by atoms with Gasteiger partial charge in [0, 0.05) is 0 Å². The van der Waals surface area contributed by atoms with Crippen molar-refractivity contribution in [3.63, 3.8) is 0 Å². The van der Waals surface area contributed by atoms with E-state index in [0.717, 1.165) is 0 Å². The summed E-state index contributed by atoms with van der Waals surface area (Å²) in [6.07, 6.45) is 0.981. The molecular weight excluding hydrogens is 102 g/mol. The largest absolute Gasteiger partial charge is 0.388 e. The topological polar surface area (TPSA) is 44.0 Å². The molecule has 1 atom stereocenters. The van der Waals surface area contributed by atoms with Crippen LogP contribution in [0.5, 0.6) is 0 Å². The maximum absolute atomic E-state index is 8.72. The Hall–Kier alpha value is -0.810. The maximum atomic E-state index is 8.72. The van der Waals surface area contributed by atoms with Crippen LogP contribution in [0.25, 0.3) is 0 Å². The average molecular weight is 111 g/mol. The van der Waals surface area contributed by atoms with Gasteiger partial charge in [-0.05, 0) is 13.8 Å². The molecule has 0 aliphatic rings. The SMILES string of the molecule is C/C=C(/C#N)C(C)O. The van der Waals surface area contributed by atoms with E-state index in [1.54, 1.807) is 19.9 Å². The summed E-state index contributed by atoms with van der Waals surface area (Å²) in [7, 11) is 0. The number of hydrogen-bond donors (Lipinski definition) is 1. The molecule has 2 heteroatoms. The normalized spacial score (nSPS) is 15.0. The lowest BCUT2D eigenvalue weighted by Gasteiger charge is -1.96. The van der Waals surface area contributed by atoms with Gasteiger partial charge in [-0.25, -0.2) is 0 Å². The predicted octanol–water partition coefficient (Wildman–Crippen LogP) is 0.837. The van der Waals surface area contributed by atoms with E-state index in [1.165, 1.54) is 0 Å². The summed E-state index contributed by atoms with van der Waals surface area (Å²) in [5.41, 5.74) is 0.421. The molecule has 0 bridgehead atoms. The Morgan fingerprint density at radius 2 is 2.38 bits per heavy atom. The van der Waals surface area contributed by atoms with Crippen LogP contribution in [0.1, 0.15) is 13.8 Å². The second kappa shape index (κ2) is 3.23. The first-order valence-electron chi connectivity index (χ1n) is 2.46. The van der Waals surface area contributed by atoms with Gasteiger partial charge in [-0.1, -0.05) is 6.08 Å².